The molecule has 0 saturated carbocycles. The van der Waals surface area contributed by atoms with E-state index in [1.54, 1.807) is 51.1 Å². The zero-order chi connectivity index (χ0) is 25.2. The summed E-state index contributed by atoms with van der Waals surface area (Å²) in [6.07, 6.45) is 1.75. The molecule has 1 atom stereocenters. The van der Waals surface area contributed by atoms with Gasteiger partial charge < -0.3 is 10.4 Å². The zero-order valence-electron chi connectivity index (χ0n) is 20.5. The molecule has 0 spiro atoms. The summed E-state index contributed by atoms with van der Waals surface area (Å²) in [7, 11) is -3.68. The van der Waals surface area contributed by atoms with Crippen molar-refractivity contribution in [2.45, 2.75) is 71.4 Å². The van der Waals surface area contributed by atoms with Crippen molar-refractivity contribution in [3.05, 3.63) is 72.3 Å². The summed E-state index contributed by atoms with van der Waals surface area (Å²) in [5.74, 6) is -0.558. The maximum absolute atomic E-state index is 12.4. The van der Waals surface area contributed by atoms with Crippen LogP contribution in [0.2, 0.25) is 0 Å². The Morgan fingerprint density at radius 1 is 1.00 bits per heavy atom. The number of allylic oxidation sites excluding steroid dienone is 1. The number of carbonyl (C=O) groups excluding carboxylic acids is 1. The molecule has 3 rings (SSSR count). The fourth-order valence-electron chi connectivity index (χ4n) is 2.87. The number of para-hydroxylation sites is 1. The highest BCUT2D eigenvalue weighted by Gasteiger charge is 2.46. The van der Waals surface area contributed by atoms with Crippen LogP contribution in [0.25, 0.3) is 0 Å². The highest BCUT2D eigenvalue weighted by atomic mass is 32.2. The Kier molecular flexibility index (Phi) is 11.6. The third-order valence-electron chi connectivity index (χ3n) is 3.92. The Balaban J connectivity index is 0.00000124. The minimum absolute atomic E-state index is 0.0708. The van der Waals surface area contributed by atoms with Gasteiger partial charge in [-0.15, -0.1) is 6.58 Å². The van der Waals surface area contributed by atoms with Gasteiger partial charge in [0.25, 0.3) is 5.91 Å². The SMILES string of the molecule is C=CC.CC.CC.CC(C)(C)NS(=O)(=O)c1ccc(C2(O)C(=O)Nc3ccccc32)cc1. The van der Waals surface area contributed by atoms with E-state index in [0.29, 0.717) is 16.8 Å². The number of amides is 1. The number of fused-ring (bicyclic) bond motifs is 1. The smallest absolute Gasteiger partial charge is 0.265 e. The van der Waals surface area contributed by atoms with Crippen LogP contribution in [0.15, 0.2) is 66.1 Å². The fraction of sp³-hybridized carbons (Fsp3) is 0.400. The molecule has 1 unspecified atom stereocenters. The molecular weight excluding hydrogens is 424 g/mol. The molecule has 1 amide bonds. The number of carbonyl (C=O) groups is 1. The lowest BCUT2D eigenvalue weighted by molar-refractivity contribution is -0.129. The van der Waals surface area contributed by atoms with Gasteiger partial charge in [-0.1, -0.05) is 64.1 Å². The van der Waals surface area contributed by atoms with Crippen molar-refractivity contribution in [3.8, 4) is 0 Å². The Labute approximate surface area is 193 Å². The van der Waals surface area contributed by atoms with Crippen molar-refractivity contribution in [3.63, 3.8) is 0 Å². The molecule has 1 aliphatic rings. The zero-order valence-corrected chi connectivity index (χ0v) is 21.3. The van der Waals surface area contributed by atoms with Crippen molar-refractivity contribution in [2.75, 3.05) is 5.32 Å². The van der Waals surface area contributed by atoms with E-state index in [4.69, 9.17) is 0 Å². The maximum Gasteiger partial charge on any atom is 0.265 e. The van der Waals surface area contributed by atoms with Crippen LogP contribution in [0, 0.1) is 0 Å². The highest BCUT2D eigenvalue weighted by molar-refractivity contribution is 7.89. The molecule has 1 aliphatic heterocycles. The van der Waals surface area contributed by atoms with E-state index in [-0.39, 0.29) is 4.90 Å². The average molecular weight is 463 g/mol. The molecule has 2 aromatic carbocycles. The Morgan fingerprint density at radius 3 is 1.94 bits per heavy atom. The minimum Gasteiger partial charge on any atom is -0.372 e. The van der Waals surface area contributed by atoms with E-state index < -0.39 is 27.1 Å². The van der Waals surface area contributed by atoms with Gasteiger partial charge >= 0.3 is 0 Å². The molecule has 32 heavy (non-hydrogen) atoms. The van der Waals surface area contributed by atoms with Gasteiger partial charge in [0, 0.05) is 16.8 Å². The second-order valence-electron chi connectivity index (χ2n) is 7.50. The molecule has 0 fully saturated rings. The molecule has 0 aromatic heterocycles. The maximum atomic E-state index is 12.4. The van der Waals surface area contributed by atoms with E-state index in [9.17, 15) is 18.3 Å². The Morgan fingerprint density at radius 2 is 1.47 bits per heavy atom. The topological polar surface area (TPSA) is 95.5 Å². The summed E-state index contributed by atoms with van der Waals surface area (Å²) in [4.78, 5) is 12.4. The van der Waals surface area contributed by atoms with Gasteiger partial charge in [0.1, 0.15) is 0 Å². The highest BCUT2D eigenvalue weighted by Crippen LogP contribution is 2.40. The van der Waals surface area contributed by atoms with Crippen LogP contribution in [-0.2, 0) is 20.4 Å². The van der Waals surface area contributed by atoms with Gasteiger partial charge in [0.05, 0.1) is 4.90 Å². The molecule has 1 heterocycles. The van der Waals surface area contributed by atoms with Gasteiger partial charge in [0.15, 0.2) is 5.60 Å². The van der Waals surface area contributed by atoms with Crippen LogP contribution >= 0.6 is 0 Å². The summed E-state index contributed by atoms with van der Waals surface area (Å²) in [6.45, 7) is 18.5. The van der Waals surface area contributed by atoms with E-state index in [2.05, 4.69) is 16.6 Å². The lowest BCUT2D eigenvalue weighted by atomic mass is 9.88. The number of nitrogens with one attached hydrogen (secondary N) is 2. The van der Waals surface area contributed by atoms with Gasteiger partial charge in [-0.3, -0.25) is 4.79 Å². The average Bonchev–Trinajstić information content (AvgIpc) is 3.01. The largest absolute Gasteiger partial charge is 0.372 e. The van der Waals surface area contributed by atoms with Crippen molar-refractivity contribution in [1.82, 2.24) is 4.72 Å². The van der Waals surface area contributed by atoms with E-state index in [1.165, 1.54) is 24.3 Å². The van der Waals surface area contributed by atoms with Crippen molar-refractivity contribution in [2.24, 2.45) is 0 Å². The van der Waals surface area contributed by atoms with Crippen molar-refractivity contribution < 1.29 is 18.3 Å². The predicted molar refractivity (Wildman–Crippen MR) is 133 cm³/mol. The molecule has 0 radical (unpaired) electrons. The lowest BCUT2D eigenvalue weighted by Gasteiger charge is -2.23. The fourth-order valence-corrected chi connectivity index (χ4v) is 4.29. The summed E-state index contributed by atoms with van der Waals surface area (Å²) >= 11 is 0. The first kappa shape index (κ1) is 29.5. The quantitative estimate of drug-likeness (QED) is 0.547. The van der Waals surface area contributed by atoms with Crippen LogP contribution in [-0.4, -0.2) is 25.0 Å². The molecule has 0 aliphatic carbocycles. The molecule has 0 saturated heterocycles. The first-order chi connectivity index (χ1) is 15.0. The van der Waals surface area contributed by atoms with Gasteiger partial charge in [-0.2, -0.15) is 0 Å². The number of hydrogen-bond donors (Lipinski definition) is 3. The summed E-state index contributed by atoms with van der Waals surface area (Å²) in [5.41, 5.74) is -1.15. The standard InChI is InChI=1S/C18H20N2O4S.C3H6.2C2H6/c1-17(2,3)20-25(23,24)13-10-8-12(9-11-13)18(22)14-6-4-5-7-15(14)19-16(18)21;1-3-2;2*1-2/h4-11,20,22H,1-3H3,(H,19,21);3H,1H2,2H3;2*1-2H3. The number of sulfonamides is 1. The first-order valence-corrected chi connectivity index (χ1v) is 12.3. The van der Waals surface area contributed by atoms with Gasteiger partial charge in [-0.25, -0.2) is 13.1 Å². The van der Waals surface area contributed by atoms with Crippen LogP contribution in [0.3, 0.4) is 0 Å². The molecular formula is C25H38N2O4S. The molecule has 0 bridgehead atoms. The Hall–Kier alpha value is -2.48. The summed E-state index contributed by atoms with van der Waals surface area (Å²) in [6, 6.07) is 12.5. The molecule has 7 heteroatoms. The third kappa shape index (κ3) is 7.02. The summed E-state index contributed by atoms with van der Waals surface area (Å²) < 4.78 is 27.3. The molecule has 178 valence electrons. The third-order valence-corrected chi connectivity index (χ3v) is 5.69. The van der Waals surface area contributed by atoms with E-state index in [0.717, 1.165) is 0 Å². The number of aliphatic hydroxyl groups is 1. The minimum atomic E-state index is -3.68. The monoisotopic (exact) mass is 462 g/mol. The number of rotatable bonds is 3. The van der Waals surface area contributed by atoms with Crippen molar-refractivity contribution in [1.29, 1.82) is 0 Å². The Bertz CT molecular complexity index is 978. The predicted octanol–water partition coefficient (Wildman–Crippen LogP) is 5.20. The van der Waals surface area contributed by atoms with Crippen LogP contribution in [0.1, 0.15) is 66.5 Å². The lowest BCUT2D eigenvalue weighted by Crippen LogP contribution is -2.40. The second kappa shape index (κ2) is 12.5. The van der Waals surface area contributed by atoms with E-state index in [1.807, 2.05) is 34.6 Å². The number of anilines is 1. The van der Waals surface area contributed by atoms with Crippen LogP contribution in [0.4, 0.5) is 5.69 Å². The first-order valence-electron chi connectivity index (χ1n) is 10.8. The normalized spacial score (nSPS) is 16.6. The van der Waals surface area contributed by atoms with Crippen LogP contribution < -0.4 is 10.0 Å². The summed E-state index contributed by atoms with van der Waals surface area (Å²) in [5, 5.41) is 13.6. The molecule has 6 nitrogen and oxygen atoms in total. The number of hydrogen-bond acceptors (Lipinski definition) is 4. The van der Waals surface area contributed by atoms with Gasteiger partial charge in [-0.05, 0) is 51.5 Å². The molecule has 3 N–H and O–H groups in total. The second-order valence-corrected chi connectivity index (χ2v) is 9.18. The number of benzene rings is 2. The van der Waals surface area contributed by atoms with Gasteiger partial charge in [0.2, 0.25) is 10.0 Å². The molecule has 2 aromatic rings. The van der Waals surface area contributed by atoms with E-state index >= 15 is 0 Å². The van der Waals surface area contributed by atoms with Crippen LogP contribution in [0.5, 0.6) is 0 Å². The van der Waals surface area contributed by atoms with Crippen molar-refractivity contribution >= 4 is 21.6 Å².